The Kier molecular flexibility index (Phi) is 4.13. The van der Waals surface area contributed by atoms with Crippen LogP contribution < -0.4 is 10.6 Å². The minimum atomic E-state index is -1.37. The molecule has 6 nitrogen and oxygen atoms in total. The zero-order valence-corrected chi connectivity index (χ0v) is 6.33. The Balaban J connectivity index is 4.34. The van der Waals surface area contributed by atoms with Crippen LogP contribution >= 0.6 is 0 Å². The first-order chi connectivity index (χ1) is 5.61. The third-order valence-corrected chi connectivity index (χ3v) is 0.940. The van der Waals surface area contributed by atoms with Crippen molar-refractivity contribution in [2.75, 3.05) is 7.05 Å². The molecule has 0 saturated heterocycles. The summed E-state index contributed by atoms with van der Waals surface area (Å²) in [4.78, 5) is 30.7. The van der Waals surface area contributed by atoms with Crippen LogP contribution in [0.5, 0.6) is 0 Å². The first-order valence-electron chi connectivity index (χ1n) is 2.99. The number of aldehydes is 1. The van der Waals surface area contributed by atoms with E-state index in [0.29, 0.717) is 0 Å². The van der Waals surface area contributed by atoms with Gasteiger partial charge in [-0.05, 0) is 0 Å². The lowest BCUT2D eigenvalue weighted by molar-refractivity contribution is -0.133. The topological polar surface area (TPSA) is 95.5 Å². The fourth-order valence-corrected chi connectivity index (χ4v) is 0.419. The van der Waals surface area contributed by atoms with Gasteiger partial charge in [0.15, 0.2) is 0 Å². The summed E-state index contributed by atoms with van der Waals surface area (Å²) >= 11 is 0. The third-order valence-electron chi connectivity index (χ3n) is 0.940. The molecule has 0 spiro atoms. The van der Waals surface area contributed by atoms with Gasteiger partial charge < -0.3 is 15.7 Å². The molecule has 0 aliphatic heterocycles. The predicted octanol–water partition coefficient (Wildman–Crippen LogP) is -0.917. The second-order valence-corrected chi connectivity index (χ2v) is 1.73. The van der Waals surface area contributed by atoms with Crippen molar-refractivity contribution >= 4 is 18.3 Å². The number of carboxylic acids is 1. The van der Waals surface area contributed by atoms with Gasteiger partial charge in [-0.2, -0.15) is 0 Å². The lowest BCUT2D eigenvalue weighted by atomic mass is 10.4. The van der Waals surface area contributed by atoms with Crippen molar-refractivity contribution in [2.24, 2.45) is 0 Å². The van der Waals surface area contributed by atoms with E-state index in [0.717, 1.165) is 6.08 Å². The first-order valence-corrected chi connectivity index (χ1v) is 2.99. The summed E-state index contributed by atoms with van der Waals surface area (Å²) in [5.41, 5.74) is -0.468. The average molecular weight is 172 g/mol. The molecule has 0 bridgehead atoms. The molecule has 66 valence electrons. The smallest absolute Gasteiger partial charge is 0.352 e. The molecule has 0 fully saturated rings. The van der Waals surface area contributed by atoms with Gasteiger partial charge in [-0.25, -0.2) is 9.59 Å². The van der Waals surface area contributed by atoms with E-state index in [4.69, 9.17) is 5.11 Å². The quantitative estimate of drug-likeness (QED) is 0.379. The molecule has 0 atom stereocenters. The van der Waals surface area contributed by atoms with Gasteiger partial charge >= 0.3 is 12.0 Å². The Morgan fingerprint density at radius 2 is 2.00 bits per heavy atom. The number of carbonyl (C=O) groups excluding carboxylic acids is 2. The summed E-state index contributed by atoms with van der Waals surface area (Å²) in [5, 5.41) is 12.5. The second kappa shape index (κ2) is 4.89. The number of carboxylic acid groups (broad SMARTS) is 1. The van der Waals surface area contributed by atoms with Crippen molar-refractivity contribution in [1.29, 1.82) is 0 Å². The molecule has 0 rings (SSSR count). The van der Waals surface area contributed by atoms with E-state index in [2.05, 4.69) is 5.32 Å². The fraction of sp³-hybridized carbons (Fsp3) is 0.167. The zero-order chi connectivity index (χ0) is 9.56. The van der Waals surface area contributed by atoms with Gasteiger partial charge in [0, 0.05) is 13.1 Å². The number of nitrogens with one attached hydrogen (secondary N) is 2. The summed E-state index contributed by atoms with van der Waals surface area (Å²) in [6.07, 6.45) is 1.02. The van der Waals surface area contributed by atoms with E-state index in [1.54, 1.807) is 0 Å². The molecule has 0 aromatic carbocycles. The number of urea groups is 1. The largest absolute Gasteiger partial charge is 0.477 e. The highest BCUT2D eigenvalue weighted by molar-refractivity contribution is 5.95. The highest BCUT2D eigenvalue weighted by Crippen LogP contribution is 1.86. The van der Waals surface area contributed by atoms with E-state index in [1.807, 2.05) is 5.32 Å². The minimum Gasteiger partial charge on any atom is -0.477 e. The summed E-state index contributed by atoms with van der Waals surface area (Å²) < 4.78 is 0. The summed E-state index contributed by atoms with van der Waals surface area (Å²) in [6.45, 7) is 0. The molecule has 0 heterocycles. The fourth-order valence-electron chi connectivity index (χ4n) is 0.419. The van der Waals surface area contributed by atoms with Crippen LogP contribution in [0.4, 0.5) is 4.79 Å². The van der Waals surface area contributed by atoms with Gasteiger partial charge in [-0.15, -0.1) is 0 Å². The number of rotatable bonds is 3. The van der Waals surface area contributed by atoms with Crippen LogP contribution in [-0.4, -0.2) is 30.4 Å². The monoisotopic (exact) mass is 172 g/mol. The van der Waals surface area contributed by atoms with Gasteiger partial charge in [0.2, 0.25) is 0 Å². The lowest BCUT2D eigenvalue weighted by Gasteiger charge is -2.02. The minimum absolute atomic E-state index is 0.277. The zero-order valence-electron chi connectivity index (χ0n) is 6.33. The number of hydrogen-bond acceptors (Lipinski definition) is 3. The van der Waals surface area contributed by atoms with E-state index >= 15 is 0 Å². The molecule has 12 heavy (non-hydrogen) atoms. The Labute approximate surface area is 68.3 Å². The van der Waals surface area contributed by atoms with Crippen molar-refractivity contribution in [3.63, 3.8) is 0 Å². The van der Waals surface area contributed by atoms with Crippen LogP contribution in [0.25, 0.3) is 0 Å². The molecule has 6 heteroatoms. The molecule has 0 aliphatic rings. The van der Waals surface area contributed by atoms with Crippen LogP contribution in [0.2, 0.25) is 0 Å². The maximum Gasteiger partial charge on any atom is 0.352 e. The summed E-state index contributed by atoms with van der Waals surface area (Å²) in [5.74, 6) is -1.37. The van der Waals surface area contributed by atoms with Crippen molar-refractivity contribution in [3.8, 4) is 0 Å². The van der Waals surface area contributed by atoms with Crippen LogP contribution in [0.1, 0.15) is 0 Å². The van der Waals surface area contributed by atoms with Crippen molar-refractivity contribution in [2.45, 2.75) is 0 Å². The number of carbonyl (C=O) groups is 3. The molecule has 0 saturated carbocycles. The van der Waals surface area contributed by atoms with E-state index in [1.165, 1.54) is 7.05 Å². The van der Waals surface area contributed by atoms with Gasteiger partial charge in [-0.1, -0.05) is 0 Å². The predicted molar refractivity (Wildman–Crippen MR) is 39.4 cm³/mol. The maximum absolute atomic E-state index is 10.6. The molecule has 0 aromatic rings. The summed E-state index contributed by atoms with van der Waals surface area (Å²) in [7, 11) is 1.33. The number of hydrogen-bond donors (Lipinski definition) is 3. The average Bonchev–Trinajstić information content (AvgIpc) is 2.03. The van der Waals surface area contributed by atoms with Crippen LogP contribution in [0.3, 0.4) is 0 Å². The van der Waals surface area contributed by atoms with Crippen molar-refractivity contribution < 1.29 is 19.5 Å². The Morgan fingerprint density at radius 3 is 2.33 bits per heavy atom. The van der Waals surface area contributed by atoms with Crippen molar-refractivity contribution in [3.05, 3.63) is 11.8 Å². The Bertz CT molecular complexity index is 234. The first kappa shape index (κ1) is 10.2. The molecule has 0 aromatic heterocycles. The van der Waals surface area contributed by atoms with Crippen molar-refractivity contribution in [1.82, 2.24) is 10.6 Å². The van der Waals surface area contributed by atoms with Crippen LogP contribution in [-0.2, 0) is 9.59 Å². The van der Waals surface area contributed by atoms with Gasteiger partial charge in [0.1, 0.15) is 12.0 Å². The molecule has 0 radical (unpaired) electrons. The molecule has 2 amide bonds. The molecule has 3 N–H and O–H groups in total. The van der Waals surface area contributed by atoms with Gasteiger partial charge in [0.25, 0.3) is 0 Å². The molecule has 0 unspecified atom stereocenters. The maximum atomic E-state index is 10.6. The number of amides is 2. The number of aliphatic carboxylic acids is 1. The van der Waals surface area contributed by atoms with Crippen LogP contribution in [0, 0.1) is 0 Å². The Hall–Kier alpha value is -1.85. The molecule has 0 aliphatic carbocycles. The SMILES string of the molecule is CNC(=O)N/C(=C\C=O)C(=O)O. The van der Waals surface area contributed by atoms with Crippen LogP contribution in [0.15, 0.2) is 11.8 Å². The van der Waals surface area contributed by atoms with E-state index in [9.17, 15) is 14.4 Å². The lowest BCUT2D eigenvalue weighted by Crippen LogP contribution is -2.34. The normalized spacial score (nSPS) is 10.2. The van der Waals surface area contributed by atoms with E-state index < -0.39 is 17.7 Å². The Morgan fingerprint density at radius 1 is 1.42 bits per heavy atom. The standard InChI is InChI=1S/C6H8N2O4/c1-7-6(12)8-4(2-3-9)5(10)11/h2-3H,1H3,(H,10,11)(H2,7,8,12)/b4-2-. The highest BCUT2D eigenvalue weighted by atomic mass is 16.4. The number of allylic oxidation sites excluding steroid dienone is 1. The van der Waals surface area contributed by atoms with E-state index in [-0.39, 0.29) is 6.29 Å². The third kappa shape index (κ3) is 3.35. The highest BCUT2D eigenvalue weighted by Gasteiger charge is 2.08. The molecular formula is C6H8N2O4. The molecular weight excluding hydrogens is 164 g/mol. The second-order valence-electron chi connectivity index (χ2n) is 1.73. The summed E-state index contributed by atoms with van der Waals surface area (Å²) in [6, 6.07) is -0.689. The van der Waals surface area contributed by atoms with Gasteiger partial charge in [-0.3, -0.25) is 4.79 Å². The van der Waals surface area contributed by atoms with Gasteiger partial charge in [0.05, 0.1) is 0 Å².